The predicted molar refractivity (Wildman–Crippen MR) is 153 cm³/mol. The molecule has 0 spiro atoms. The lowest BCUT2D eigenvalue weighted by Gasteiger charge is -2.28. The first-order valence-corrected chi connectivity index (χ1v) is 14.6. The second kappa shape index (κ2) is 17.5. The standard InChI is InChI=1S/C27H46N6O11/c1-7-10-15(32-23(38)14(9-3)31-26(41)19-17(34)18(35)20(44-19)27(42)43)24(39)33-16(11(4)5)25(40)30-13(8-2)22(37)29-12(6)21(28)36/h11-20,34-35H,7-10H2,1-6H3,(H2,28,36)(H,29,37)(H,30,40)(H,31,41)(H,32,38)(H,33,39)(H,42,43)/t12-,13+,14+,15+,16+,17?,18?,19?,20?/m1/s1. The maximum absolute atomic E-state index is 13.3. The van der Waals surface area contributed by atoms with Crippen molar-refractivity contribution in [1.29, 1.82) is 0 Å². The van der Waals surface area contributed by atoms with E-state index < -0.39 is 102 Å². The third-order valence-corrected chi connectivity index (χ3v) is 7.09. The van der Waals surface area contributed by atoms with Crippen molar-refractivity contribution in [2.24, 2.45) is 11.7 Å². The Morgan fingerprint density at radius 2 is 1.18 bits per heavy atom. The molecular weight excluding hydrogens is 584 g/mol. The largest absolute Gasteiger partial charge is 0.479 e. The summed E-state index contributed by atoms with van der Waals surface area (Å²) in [6, 6.07) is -5.43. The number of aliphatic hydroxyl groups is 2. The summed E-state index contributed by atoms with van der Waals surface area (Å²) in [4.78, 5) is 87.1. The van der Waals surface area contributed by atoms with Crippen LogP contribution in [0.4, 0.5) is 0 Å². The molecule has 0 radical (unpaired) electrons. The van der Waals surface area contributed by atoms with Gasteiger partial charge in [-0.05, 0) is 32.1 Å². The number of nitrogens with two attached hydrogens (primary N) is 1. The fourth-order valence-corrected chi connectivity index (χ4v) is 4.32. The molecule has 1 rings (SSSR count). The molecule has 0 aliphatic carbocycles. The Morgan fingerprint density at radius 3 is 1.64 bits per heavy atom. The molecular formula is C27H46N6O11. The fourth-order valence-electron chi connectivity index (χ4n) is 4.32. The molecule has 0 aromatic rings. The number of carboxylic acids is 1. The Bertz CT molecular complexity index is 1070. The summed E-state index contributed by atoms with van der Waals surface area (Å²) >= 11 is 0. The average Bonchev–Trinajstić information content (AvgIpc) is 3.26. The van der Waals surface area contributed by atoms with Crippen molar-refractivity contribution in [1.82, 2.24) is 26.6 Å². The smallest absolute Gasteiger partial charge is 0.335 e. The van der Waals surface area contributed by atoms with Gasteiger partial charge in [-0.1, -0.05) is 41.0 Å². The van der Waals surface area contributed by atoms with Gasteiger partial charge in [0, 0.05) is 0 Å². The van der Waals surface area contributed by atoms with Crippen LogP contribution in [0.3, 0.4) is 0 Å². The SMILES string of the molecule is CCC[C@H](NC(=O)[C@H](CC)NC(=O)C1OC(C(=O)O)C(O)C1O)C(=O)N[C@H](C(=O)N[C@@H](CC)C(=O)N[C@H](C)C(N)=O)C(C)C. The van der Waals surface area contributed by atoms with E-state index in [1.165, 1.54) is 6.92 Å². The fraction of sp³-hybridized carbons (Fsp3) is 0.741. The molecule has 1 heterocycles. The van der Waals surface area contributed by atoms with Crippen LogP contribution in [0.2, 0.25) is 0 Å². The van der Waals surface area contributed by atoms with Crippen LogP contribution in [0, 0.1) is 5.92 Å². The molecule has 0 saturated carbocycles. The van der Waals surface area contributed by atoms with Crippen molar-refractivity contribution < 1.29 is 53.6 Å². The van der Waals surface area contributed by atoms with Gasteiger partial charge in [-0.2, -0.15) is 0 Å². The number of nitrogens with one attached hydrogen (secondary N) is 5. The van der Waals surface area contributed by atoms with Gasteiger partial charge < -0.3 is 52.4 Å². The van der Waals surface area contributed by atoms with E-state index in [-0.39, 0.29) is 19.3 Å². The number of amides is 6. The zero-order valence-electron chi connectivity index (χ0n) is 25.8. The molecule has 0 bridgehead atoms. The summed E-state index contributed by atoms with van der Waals surface area (Å²) in [6.45, 7) is 9.70. The summed E-state index contributed by atoms with van der Waals surface area (Å²) < 4.78 is 4.97. The second-order valence-electron chi connectivity index (χ2n) is 10.9. The van der Waals surface area contributed by atoms with Gasteiger partial charge in [0.2, 0.25) is 29.5 Å². The first-order chi connectivity index (χ1) is 20.5. The van der Waals surface area contributed by atoms with Crippen molar-refractivity contribution in [2.45, 2.75) is 122 Å². The first kappa shape index (κ1) is 38.2. The van der Waals surface area contributed by atoms with Gasteiger partial charge in [0.15, 0.2) is 12.2 Å². The second-order valence-corrected chi connectivity index (χ2v) is 10.9. The van der Waals surface area contributed by atoms with Crippen molar-refractivity contribution in [2.75, 3.05) is 0 Å². The third-order valence-electron chi connectivity index (χ3n) is 7.09. The lowest BCUT2D eigenvalue weighted by Crippen LogP contribution is -2.60. The molecule has 6 amide bonds. The number of carbonyl (C=O) groups is 7. The zero-order chi connectivity index (χ0) is 33.9. The Balaban J connectivity index is 2.95. The molecule has 1 saturated heterocycles. The number of aliphatic hydroxyl groups excluding tert-OH is 2. The number of hydrogen-bond acceptors (Lipinski definition) is 10. The highest BCUT2D eigenvalue weighted by Crippen LogP contribution is 2.22. The van der Waals surface area contributed by atoms with Gasteiger partial charge in [-0.25, -0.2) is 4.79 Å². The highest BCUT2D eigenvalue weighted by molar-refractivity contribution is 5.96. The van der Waals surface area contributed by atoms with Crippen LogP contribution < -0.4 is 32.3 Å². The van der Waals surface area contributed by atoms with E-state index in [0.717, 1.165) is 0 Å². The van der Waals surface area contributed by atoms with Crippen LogP contribution in [-0.2, 0) is 38.3 Å². The van der Waals surface area contributed by atoms with Crippen molar-refractivity contribution in [3.63, 3.8) is 0 Å². The Kier molecular flexibility index (Phi) is 15.2. The Labute approximate surface area is 255 Å². The summed E-state index contributed by atoms with van der Waals surface area (Å²) in [7, 11) is 0. The van der Waals surface area contributed by atoms with Crippen LogP contribution in [0.25, 0.3) is 0 Å². The predicted octanol–water partition coefficient (Wildman–Crippen LogP) is -3.23. The summed E-state index contributed by atoms with van der Waals surface area (Å²) in [6.07, 6.45) is -6.46. The van der Waals surface area contributed by atoms with Gasteiger partial charge in [0.25, 0.3) is 5.91 Å². The molecule has 0 aromatic carbocycles. The van der Waals surface area contributed by atoms with E-state index in [2.05, 4.69) is 26.6 Å². The van der Waals surface area contributed by atoms with Crippen molar-refractivity contribution in [3.8, 4) is 0 Å². The van der Waals surface area contributed by atoms with E-state index in [9.17, 15) is 43.8 Å². The van der Waals surface area contributed by atoms with Crippen LogP contribution >= 0.6 is 0 Å². The molecule has 1 aliphatic heterocycles. The monoisotopic (exact) mass is 630 g/mol. The molecule has 1 fully saturated rings. The first-order valence-electron chi connectivity index (χ1n) is 14.6. The highest BCUT2D eigenvalue weighted by atomic mass is 16.6. The minimum absolute atomic E-state index is 0.0393. The van der Waals surface area contributed by atoms with E-state index in [4.69, 9.17) is 15.6 Å². The number of ether oxygens (including phenoxy) is 1. The van der Waals surface area contributed by atoms with Crippen molar-refractivity contribution >= 4 is 41.4 Å². The number of primary amides is 1. The van der Waals surface area contributed by atoms with Crippen LogP contribution in [0.5, 0.6) is 0 Å². The molecule has 1 aliphatic rings. The maximum Gasteiger partial charge on any atom is 0.335 e. The van der Waals surface area contributed by atoms with E-state index in [1.807, 2.05) is 0 Å². The third kappa shape index (κ3) is 10.4. The molecule has 0 aromatic heterocycles. The summed E-state index contributed by atoms with van der Waals surface area (Å²) in [5.41, 5.74) is 5.18. The normalized spacial score (nSPS) is 22.9. The number of carbonyl (C=O) groups excluding carboxylic acids is 6. The quantitative estimate of drug-likeness (QED) is 0.0770. The van der Waals surface area contributed by atoms with Gasteiger partial charge in [0.05, 0.1) is 0 Å². The van der Waals surface area contributed by atoms with E-state index >= 15 is 0 Å². The molecule has 17 heteroatoms. The molecule has 44 heavy (non-hydrogen) atoms. The van der Waals surface area contributed by atoms with Crippen molar-refractivity contribution in [3.05, 3.63) is 0 Å². The lowest BCUT2D eigenvalue weighted by atomic mass is 10.0. The van der Waals surface area contributed by atoms with Gasteiger partial charge in [0.1, 0.15) is 42.4 Å². The molecule has 250 valence electrons. The molecule has 9 atom stereocenters. The Morgan fingerprint density at radius 1 is 0.705 bits per heavy atom. The number of hydrogen-bond donors (Lipinski definition) is 9. The van der Waals surface area contributed by atoms with E-state index in [0.29, 0.717) is 6.42 Å². The molecule has 10 N–H and O–H groups in total. The number of carboxylic acid groups (broad SMARTS) is 1. The number of aliphatic carboxylic acids is 1. The average molecular weight is 631 g/mol. The Hall–Kier alpha value is -3.83. The van der Waals surface area contributed by atoms with Gasteiger partial charge in [-0.15, -0.1) is 0 Å². The van der Waals surface area contributed by atoms with E-state index in [1.54, 1.807) is 34.6 Å². The topological polar surface area (TPSA) is 276 Å². The van der Waals surface area contributed by atoms with Crippen LogP contribution in [-0.4, -0.2) is 111 Å². The molecule has 4 unspecified atom stereocenters. The van der Waals surface area contributed by atoms with Gasteiger partial charge >= 0.3 is 5.97 Å². The summed E-state index contributed by atoms with van der Waals surface area (Å²) in [5, 5.41) is 41.5. The van der Waals surface area contributed by atoms with Crippen LogP contribution in [0.15, 0.2) is 0 Å². The summed E-state index contributed by atoms with van der Waals surface area (Å²) in [5.74, 6) is -6.57. The highest BCUT2D eigenvalue weighted by Gasteiger charge is 2.50. The molecule has 17 nitrogen and oxygen atoms in total. The minimum atomic E-state index is -1.86. The number of rotatable bonds is 17. The zero-order valence-corrected chi connectivity index (χ0v) is 25.8. The lowest BCUT2D eigenvalue weighted by molar-refractivity contribution is -0.155. The van der Waals surface area contributed by atoms with Gasteiger partial charge in [-0.3, -0.25) is 28.8 Å². The van der Waals surface area contributed by atoms with Crippen LogP contribution in [0.1, 0.15) is 67.2 Å². The minimum Gasteiger partial charge on any atom is -0.479 e. The maximum atomic E-state index is 13.3.